The van der Waals surface area contributed by atoms with Crippen molar-refractivity contribution >= 4 is 21.5 Å². The molecule has 0 aromatic heterocycles. The lowest BCUT2D eigenvalue weighted by Gasteiger charge is -2.22. The standard InChI is InChI=1S/C38H24O/c1-2-9-25(10-3-1)31-17-5-11-26-12-6-18-32(37(26)31)30-16-4-15-28(23-30)29-21-22-35-34(24-29)33-19-7-13-27-14-8-20-36(39-35)38(27)33/h1-24H. The lowest BCUT2D eigenvalue weighted by molar-refractivity contribution is 0.487. The minimum atomic E-state index is 0.905. The minimum absolute atomic E-state index is 0.905. The largest absolute Gasteiger partial charge is 0.456 e. The van der Waals surface area contributed by atoms with Gasteiger partial charge in [0.05, 0.1) is 0 Å². The molecule has 0 amide bonds. The predicted molar refractivity (Wildman–Crippen MR) is 163 cm³/mol. The molecule has 7 aromatic carbocycles. The highest BCUT2D eigenvalue weighted by molar-refractivity contribution is 6.07. The van der Waals surface area contributed by atoms with E-state index in [4.69, 9.17) is 4.74 Å². The smallest absolute Gasteiger partial charge is 0.135 e. The molecule has 0 spiro atoms. The number of rotatable bonds is 3. The molecule has 7 aromatic rings. The lowest BCUT2D eigenvalue weighted by atomic mass is 9.89. The molecular weight excluding hydrogens is 472 g/mol. The quantitative estimate of drug-likeness (QED) is 0.236. The number of ether oxygens (including phenoxy) is 1. The van der Waals surface area contributed by atoms with E-state index in [1.54, 1.807) is 0 Å². The normalized spacial score (nSPS) is 11.8. The molecule has 1 aliphatic heterocycles. The van der Waals surface area contributed by atoms with E-state index in [9.17, 15) is 0 Å². The maximum atomic E-state index is 6.34. The van der Waals surface area contributed by atoms with Crippen molar-refractivity contribution < 1.29 is 4.74 Å². The zero-order valence-corrected chi connectivity index (χ0v) is 21.3. The van der Waals surface area contributed by atoms with Crippen LogP contribution in [0, 0.1) is 0 Å². The Kier molecular flexibility index (Phi) is 4.89. The van der Waals surface area contributed by atoms with Crippen molar-refractivity contribution in [1.82, 2.24) is 0 Å². The molecule has 0 unspecified atom stereocenters. The van der Waals surface area contributed by atoms with Gasteiger partial charge in [0.25, 0.3) is 0 Å². The Morgan fingerprint density at radius 2 is 0.897 bits per heavy atom. The first-order valence-electron chi connectivity index (χ1n) is 13.4. The van der Waals surface area contributed by atoms with Crippen LogP contribution in [0.5, 0.6) is 11.5 Å². The van der Waals surface area contributed by atoms with Crippen LogP contribution >= 0.6 is 0 Å². The average molecular weight is 497 g/mol. The van der Waals surface area contributed by atoms with E-state index in [0.717, 1.165) is 17.1 Å². The van der Waals surface area contributed by atoms with Crippen molar-refractivity contribution in [3.8, 4) is 56.0 Å². The summed E-state index contributed by atoms with van der Waals surface area (Å²) < 4.78 is 6.34. The Morgan fingerprint density at radius 1 is 0.308 bits per heavy atom. The molecule has 0 radical (unpaired) electrons. The predicted octanol–water partition coefficient (Wildman–Crippen LogP) is 10.8. The van der Waals surface area contributed by atoms with Gasteiger partial charge in [-0.1, -0.05) is 121 Å². The second kappa shape index (κ2) is 8.72. The molecule has 0 fully saturated rings. The summed E-state index contributed by atoms with van der Waals surface area (Å²) in [7, 11) is 0. The van der Waals surface area contributed by atoms with Gasteiger partial charge in [-0.15, -0.1) is 0 Å². The van der Waals surface area contributed by atoms with Crippen molar-refractivity contribution in [3.63, 3.8) is 0 Å². The topological polar surface area (TPSA) is 9.23 Å². The molecular formula is C38H24O. The van der Waals surface area contributed by atoms with Crippen LogP contribution in [0.4, 0.5) is 0 Å². The molecule has 182 valence electrons. The van der Waals surface area contributed by atoms with Crippen molar-refractivity contribution in [2.75, 3.05) is 0 Å². The fourth-order valence-corrected chi connectivity index (χ4v) is 6.05. The summed E-state index contributed by atoms with van der Waals surface area (Å²) in [5.74, 6) is 1.83. The number of hydrogen-bond donors (Lipinski definition) is 0. The molecule has 1 nitrogen and oxygen atoms in total. The van der Waals surface area contributed by atoms with E-state index in [-0.39, 0.29) is 0 Å². The second-order valence-electron chi connectivity index (χ2n) is 10.1. The number of fused-ring (bicyclic) bond motifs is 3. The Labute approximate surface area is 227 Å². The summed E-state index contributed by atoms with van der Waals surface area (Å²) >= 11 is 0. The van der Waals surface area contributed by atoms with Crippen LogP contribution in [0.25, 0.3) is 66.1 Å². The van der Waals surface area contributed by atoms with Gasteiger partial charge in [-0.2, -0.15) is 0 Å². The number of hydrogen-bond acceptors (Lipinski definition) is 1. The molecule has 0 N–H and O–H groups in total. The maximum Gasteiger partial charge on any atom is 0.135 e. The third kappa shape index (κ3) is 3.55. The molecule has 1 aliphatic rings. The fraction of sp³-hybridized carbons (Fsp3) is 0. The van der Waals surface area contributed by atoms with Gasteiger partial charge in [0.2, 0.25) is 0 Å². The molecule has 0 bridgehead atoms. The second-order valence-corrected chi connectivity index (χ2v) is 10.1. The Hall–Kier alpha value is -5.14. The maximum absolute atomic E-state index is 6.34. The fourth-order valence-electron chi connectivity index (χ4n) is 6.05. The van der Waals surface area contributed by atoms with Gasteiger partial charge in [0.15, 0.2) is 0 Å². The van der Waals surface area contributed by atoms with Crippen LogP contribution in [0.1, 0.15) is 0 Å². The van der Waals surface area contributed by atoms with Crippen molar-refractivity contribution in [2.45, 2.75) is 0 Å². The highest BCUT2D eigenvalue weighted by Crippen LogP contribution is 2.47. The molecule has 1 heterocycles. The molecule has 1 heteroatoms. The average Bonchev–Trinajstić information content (AvgIpc) is 3.01. The number of benzene rings is 7. The van der Waals surface area contributed by atoms with E-state index < -0.39 is 0 Å². The van der Waals surface area contributed by atoms with Gasteiger partial charge in [0, 0.05) is 10.9 Å². The van der Waals surface area contributed by atoms with Gasteiger partial charge in [-0.3, -0.25) is 0 Å². The highest BCUT2D eigenvalue weighted by atomic mass is 16.5. The summed E-state index contributed by atoms with van der Waals surface area (Å²) in [4.78, 5) is 0. The van der Waals surface area contributed by atoms with Gasteiger partial charge in [-0.25, -0.2) is 0 Å². The zero-order chi connectivity index (χ0) is 25.8. The Bertz CT molecular complexity index is 2020. The molecule has 0 saturated heterocycles. The van der Waals surface area contributed by atoms with Crippen LogP contribution < -0.4 is 4.74 Å². The van der Waals surface area contributed by atoms with E-state index in [1.807, 2.05) is 0 Å². The Balaban J connectivity index is 1.28. The van der Waals surface area contributed by atoms with Gasteiger partial charge < -0.3 is 4.74 Å². The van der Waals surface area contributed by atoms with Crippen LogP contribution in [0.2, 0.25) is 0 Å². The van der Waals surface area contributed by atoms with Crippen molar-refractivity contribution in [1.29, 1.82) is 0 Å². The summed E-state index contributed by atoms with van der Waals surface area (Å²) in [6.45, 7) is 0. The zero-order valence-electron chi connectivity index (χ0n) is 21.3. The summed E-state index contributed by atoms with van der Waals surface area (Å²) in [5.41, 5.74) is 9.68. The first-order valence-corrected chi connectivity index (χ1v) is 13.4. The third-order valence-corrected chi connectivity index (χ3v) is 7.85. The van der Waals surface area contributed by atoms with E-state index in [1.165, 1.54) is 60.5 Å². The summed E-state index contributed by atoms with van der Waals surface area (Å²) in [6.07, 6.45) is 0. The van der Waals surface area contributed by atoms with Crippen molar-refractivity contribution in [2.24, 2.45) is 0 Å². The van der Waals surface area contributed by atoms with Crippen molar-refractivity contribution in [3.05, 3.63) is 146 Å². The first-order chi connectivity index (χ1) is 19.3. The minimum Gasteiger partial charge on any atom is -0.456 e. The van der Waals surface area contributed by atoms with Crippen LogP contribution in [0.15, 0.2) is 146 Å². The monoisotopic (exact) mass is 496 g/mol. The van der Waals surface area contributed by atoms with Crippen LogP contribution in [-0.4, -0.2) is 0 Å². The molecule has 0 saturated carbocycles. The molecule has 39 heavy (non-hydrogen) atoms. The summed E-state index contributed by atoms with van der Waals surface area (Å²) in [6, 6.07) is 52.1. The molecule has 8 rings (SSSR count). The third-order valence-electron chi connectivity index (χ3n) is 7.85. The van der Waals surface area contributed by atoms with Gasteiger partial charge >= 0.3 is 0 Å². The molecule has 0 aliphatic carbocycles. The highest BCUT2D eigenvalue weighted by Gasteiger charge is 2.20. The SMILES string of the molecule is c1ccc(-c2cccc3cccc(-c4cccc(-c5ccc6c(c5)-c5cccc7cccc(c57)O6)c4)c23)cc1. The first kappa shape index (κ1) is 21.9. The van der Waals surface area contributed by atoms with Gasteiger partial charge in [0.1, 0.15) is 11.5 Å². The van der Waals surface area contributed by atoms with Crippen LogP contribution in [-0.2, 0) is 0 Å². The van der Waals surface area contributed by atoms with Crippen LogP contribution in [0.3, 0.4) is 0 Å². The van der Waals surface area contributed by atoms with Gasteiger partial charge in [-0.05, 0) is 79.4 Å². The van der Waals surface area contributed by atoms with E-state index in [2.05, 4.69) is 146 Å². The summed E-state index contributed by atoms with van der Waals surface area (Å²) in [5, 5.41) is 4.92. The lowest BCUT2D eigenvalue weighted by Crippen LogP contribution is -1.97. The van der Waals surface area contributed by atoms with E-state index in [0.29, 0.717) is 0 Å². The Morgan fingerprint density at radius 3 is 1.69 bits per heavy atom. The molecule has 0 atom stereocenters. The van der Waals surface area contributed by atoms with E-state index >= 15 is 0 Å².